The molecule has 0 bridgehead atoms. The van der Waals surface area contributed by atoms with Crippen LogP contribution in [0.25, 0.3) is 0 Å². The van der Waals surface area contributed by atoms with E-state index in [-0.39, 0.29) is 0 Å². The highest BCUT2D eigenvalue weighted by atomic mass is 32.3. The molecule has 0 unspecified atom stereocenters. The summed E-state index contributed by atoms with van der Waals surface area (Å²) in [6.45, 7) is 4.32. The van der Waals surface area contributed by atoms with Crippen molar-refractivity contribution in [2.75, 3.05) is 25.7 Å². The lowest BCUT2D eigenvalue weighted by atomic mass is 10.6. The molecule has 0 aliphatic heterocycles. The minimum absolute atomic E-state index is 1.06. The summed E-state index contributed by atoms with van der Waals surface area (Å²) in [6, 6.07) is 0. The van der Waals surface area contributed by atoms with Crippen LogP contribution < -0.4 is 0 Å². The topological polar surface area (TPSA) is 18.5 Å². The second kappa shape index (κ2) is 5.86. The van der Waals surface area contributed by atoms with Crippen molar-refractivity contribution in [3.8, 4) is 0 Å². The van der Waals surface area contributed by atoms with Crippen LogP contribution in [0.3, 0.4) is 0 Å². The monoisotopic (exact) mass is 180 g/mol. The van der Waals surface area contributed by atoms with E-state index in [4.69, 9.17) is 8.37 Å². The molecule has 0 saturated carbocycles. The Kier molecular flexibility index (Phi) is 6.01. The molecule has 11 heavy (non-hydrogen) atoms. The number of hydrogen-bond acceptors (Lipinski definition) is 2. The van der Waals surface area contributed by atoms with Gasteiger partial charge in [-0.2, -0.15) is 10.6 Å². The van der Waals surface area contributed by atoms with Crippen LogP contribution in [0, 0.1) is 0 Å². The van der Waals surface area contributed by atoms with Gasteiger partial charge in [-0.15, -0.1) is 0 Å². The maximum atomic E-state index is 5.43. The zero-order valence-electron chi connectivity index (χ0n) is 8.05. The Bertz CT molecular complexity index is 84.1. The van der Waals surface area contributed by atoms with Crippen molar-refractivity contribution < 1.29 is 8.37 Å². The fraction of sp³-hybridized carbons (Fsp3) is 1.00. The van der Waals surface area contributed by atoms with E-state index in [1.165, 1.54) is 0 Å². The lowest BCUT2D eigenvalue weighted by Gasteiger charge is -2.40. The van der Waals surface area contributed by atoms with Crippen molar-refractivity contribution in [3.05, 3.63) is 0 Å². The summed E-state index contributed by atoms with van der Waals surface area (Å²) in [7, 11) is 2.34. The average Bonchev–Trinajstić information content (AvgIpc) is 2.04. The fourth-order valence-corrected chi connectivity index (χ4v) is 3.38. The van der Waals surface area contributed by atoms with Crippen LogP contribution in [0.2, 0.25) is 0 Å². The van der Waals surface area contributed by atoms with E-state index < -0.39 is 10.6 Å². The van der Waals surface area contributed by atoms with E-state index in [1.54, 1.807) is 14.2 Å². The molecule has 0 rings (SSSR count). The quantitative estimate of drug-likeness (QED) is 0.625. The van der Waals surface area contributed by atoms with Gasteiger partial charge in [0.05, 0.1) is 14.2 Å². The van der Waals surface area contributed by atoms with Gasteiger partial charge < -0.3 is 0 Å². The van der Waals surface area contributed by atoms with E-state index in [2.05, 4.69) is 13.8 Å². The summed E-state index contributed by atoms with van der Waals surface area (Å²) in [6.07, 6.45) is 2.27. The molecule has 3 heteroatoms. The van der Waals surface area contributed by atoms with E-state index in [0.717, 1.165) is 24.3 Å². The Morgan fingerprint density at radius 3 is 1.45 bits per heavy atom. The molecule has 0 saturated heterocycles. The molecule has 70 valence electrons. The number of rotatable bonds is 6. The summed E-state index contributed by atoms with van der Waals surface area (Å²) in [5.41, 5.74) is 0. The lowest BCUT2D eigenvalue weighted by molar-refractivity contribution is 0.345. The fourth-order valence-electron chi connectivity index (χ4n) is 1.13. The third-order valence-corrected chi connectivity index (χ3v) is 4.91. The average molecular weight is 180 g/mol. The first-order chi connectivity index (χ1) is 5.24. The molecule has 0 aromatic carbocycles. The van der Waals surface area contributed by atoms with Crippen molar-refractivity contribution >= 4 is 10.6 Å². The van der Waals surface area contributed by atoms with Gasteiger partial charge >= 0.3 is 0 Å². The van der Waals surface area contributed by atoms with E-state index in [1.807, 2.05) is 0 Å². The zero-order chi connectivity index (χ0) is 8.74. The molecule has 0 aliphatic carbocycles. The summed E-state index contributed by atoms with van der Waals surface area (Å²) < 4.78 is 10.9. The smallest absolute Gasteiger partial charge is 0.0604 e. The Balaban J connectivity index is 3.96. The highest BCUT2D eigenvalue weighted by Gasteiger charge is 2.15. The van der Waals surface area contributed by atoms with Gasteiger partial charge in [0, 0.05) is 11.5 Å². The highest BCUT2D eigenvalue weighted by Crippen LogP contribution is 2.49. The standard InChI is InChI=1S/C8H20O2S/c1-5-7-11(9-3,10-4)8-6-2/h5-8H2,1-4H3. The zero-order valence-corrected chi connectivity index (χ0v) is 8.87. The molecule has 0 aromatic rings. The summed E-state index contributed by atoms with van der Waals surface area (Å²) >= 11 is 0. The normalized spacial score (nSPS) is 13.5. The first-order valence-corrected chi connectivity index (χ1v) is 5.96. The van der Waals surface area contributed by atoms with Crippen LogP contribution in [0.5, 0.6) is 0 Å². The molecular formula is C8H20O2S. The van der Waals surface area contributed by atoms with Crippen molar-refractivity contribution in [1.29, 1.82) is 0 Å². The Hall–Kier alpha value is 0.270. The Labute approximate surface area is 72.0 Å². The predicted molar refractivity (Wildman–Crippen MR) is 51.9 cm³/mol. The van der Waals surface area contributed by atoms with Crippen LogP contribution in [0.4, 0.5) is 0 Å². The van der Waals surface area contributed by atoms with Gasteiger partial charge in [-0.1, -0.05) is 13.8 Å². The number of hydrogen-bond donors (Lipinski definition) is 0. The van der Waals surface area contributed by atoms with Crippen molar-refractivity contribution in [3.63, 3.8) is 0 Å². The maximum Gasteiger partial charge on any atom is 0.0604 e. The van der Waals surface area contributed by atoms with Gasteiger partial charge in [-0.05, 0) is 12.8 Å². The minimum atomic E-state index is -1.17. The van der Waals surface area contributed by atoms with E-state index in [0.29, 0.717) is 0 Å². The van der Waals surface area contributed by atoms with Gasteiger partial charge in [0.2, 0.25) is 0 Å². The molecule has 0 radical (unpaired) electrons. The van der Waals surface area contributed by atoms with Crippen LogP contribution in [-0.4, -0.2) is 25.7 Å². The van der Waals surface area contributed by atoms with Gasteiger partial charge in [0.1, 0.15) is 0 Å². The second-order valence-electron chi connectivity index (χ2n) is 2.49. The molecule has 0 spiro atoms. The lowest BCUT2D eigenvalue weighted by Crippen LogP contribution is -2.12. The van der Waals surface area contributed by atoms with Crippen LogP contribution in [0.15, 0.2) is 0 Å². The van der Waals surface area contributed by atoms with E-state index >= 15 is 0 Å². The molecule has 0 amide bonds. The van der Waals surface area contributed by atoms with E-state index in [9.17, 15) is 0 Å². The van der Waals surface area contributed by atoms with Crippen molar-refractivity contribution in [2.45, 2.75) is 26.7 Å². The molecular weight excluding hydrogens is 160 g/mol. The third-order valence-electron chi connectivity index (χ3n) is 1.64. The third kappa shape index (κ3) is 3.45. The summed E-state index contributed by atoms with van der Waals surface area (Å²) in [5.74, 6) is 2.13. The predicted octanol–water partition coefficient (Wildman–Crippen LogP) is 2.73. The molecule has 0 aromatic heterocycles. The second-order valence-corrected chi connectivity index (χ2v) is 5.46. The first kappa shape index (κ1) is 11.3. The maximum absolute atomic E-state index is 5.43. The molecule has 0 aliphatic rings. The summed E-state index contributed by atoms with van der Waals surface area (Å²) in [4.78, 5) is 0. The first-order valence-electron chi connectivity index (χ1n) is 4.14. The van der Waals surface area contributed by atoms with Gasteiger partial charge in [0.15, 0.2) is 0 Å². The summed E-state index contributed by atoms with van der Waals surface area (Å²) in [5, 5.41) is 0. The Morgan fingerprint density at radius 2 is 1.27 bits per heavy atom. The Morgan fingerprint density at radius 1 is 0.909 bits per heavy atom. The SMILES string of the molecule is CCCS(CCC)(OC)OC. The minimum Gasteiger partial charge on any atom is -0.288 e. The van der Waals surface area contributed by atoms with Crippen molar-refractivity contribution in [1.82, 2.24) is 0 Å². The highest BCUT2D eigenvalue weighted by molar-refractivity contribution is 8.25. The van der Waals surface area contributed by atoms with Crippen LogP contribution >= 0.6 is 10.6 Å². The van der Waals surface area contributed by atoms with Gasteiger partial charge in [-0.3, -0.25) is 8.37 Å². The molecule has 0 N–H and O–H groups in total. The van der Waals surface area contributed by atoms with Gasteiger partial charge in [-0.25, -0.2) is 0 Å². The largest absolute Gasteiger partial charge is 0.288 e. The van der Waals surface area contributed by atoms with Gasteiger partial charge in [0.25, 0.3) is 0 Å². The molecule has 0 heterocycles. The van der Waals surface area contributed by atoms with Crippen LogP contribution in [-0.2, 0) is 8.37 Å². The molecule has 2 nitrogen and oxygen atoms in total. The van der Waals surface area contributed by atoms with Crippen LogP contribution in [0.1, 0.15) is 26.7 Å². The van der Waals surface area contributed by atoms with Crippen molar-refractivity contribution in [2.24, 2.45) is 0 Å². The molecule has 0 fully saturated rings. The molecule has 0 atom stereocenters.